The van der Waals surface area contributed by atoms with Crippen molar-refractivity contribution < 1.29 is 9.21 Å². The third kappa shape index (κ3) is 3.33. The zero-order chi connectivity index (χ0) is 13.1. The van der Waals surface area contributed by atoms with E-state index in [0.717, 1.165) is 24.2 Å². The van der Waals surface area contributed by atoms with Crippen LogP contribution in [0.1, 0.15) is 48.6 Å². The third-order valence-corrected chi connectivity index (χ3v) is 3.26. The van der Waals surface area contributed by atoms with Crippen molar-refractivity contribution in [3.63, 3.8) is 0 Å². The molecule has 0 unspecified atom stereocenters. The minimum absolute atomic E-state index is 0.188. The normalized spacial score (nSPS) is 11.6. The summed E-state index contributed by atoms with van der Waals surface area (Å²) in [5.41, 5.74) is 6.65. The lowest BCUT2D eigenvalue weighted by molar-refractivity contribution is 0.0912. The minimum atomic E-state index is -0.328. The molecule has 0 aliphatic carbocycles. The van der Waals surface area contributed by atoms with Gasteiger partial charge in [-0.25, -0.2) is 0 Å². The van der Waals surface area contributed by atoms with Crippen molar-refractivity contribution in [2.24, 2.45) is 5.73 Å². The van der Waals surface area contributed by atoms with E-state index in [4.69, 9.17) is 10.2 Å². The van der Waals surface area contributed by atoms with E-state index in [-0.39, 0.29) is 11.4 Å². The molecule has 1 amide bonds. The molecule has 0 aliphatic heterocycles. The fourth-order valence-electron chi connectivity index (χ4n) is 1.70. The first-order valence-corrected chi connectivity index (χ1v) is 6.06. The first-order chi connectivity index (χ1) is 7.91. The van der Waals surface area contributed by atoms with E-state index >= 15 is 0 Å². The van der Waals surface area contributed by atoms with Gasteiger partial charge in [0.2, 0.25) is 0 Å². The fraction of sp³-hybridized carbons (Fsp3) is 0.615. The van der Waals surface area contributed by atoms with Crippen LogP contribution in [0, 0.1) is 13.8 Å². The van der Waals surface area contributed by atoms with Crippen LogP contribution in [0.5, 0.6) is 0 Å². The Bertz CT molecular complexity index is 392. The number of hydrogen-bond donors (Lipinski definition) is 2. The predicted molar refractivity (Wildman–Crippen MR) is 68.0 cm³/mol. The topological polar surface area (TPSA) is 68.3 Å². The number of amides is 1. The number of nitrogens with one attached hydrogen (secondary N) is 1. The molecule has 0 radical (unpaired) electrons. The zero-order valence-corrected chi connectivity index (χ0v) is 11.1. The fourth-order valence-corrected chi connectivity index (χ4v) is 1.70. The molecule has 96 valence electrons. The lowest BCUT2D eigenvalue weighted by Crippen LogP contribution is -2.49. The largest absolute Gasteiger partial charge is 0.456 e. The molecule has 4 heteroatoms. The van der Waals surface area contributed by atoms with Crippen molar-refractivity contribution >= 4 is 5.91 Å². The monoisotopic (exact) mass is 238 g/mol. The molecular formula is C13H22N2O2. The van der Waals surface area contributed by atoms with E-state index in [9.17, 15) is 4.79 Å². The highest BCUT2D eigenvalue weighted by Gasteiger charge is 2.22. The Morgan fingerprint density at radius 2 is 2.00 bits per heavy atom. The molecule has 1 rings (SSSR count). The highest BCUT2D eigenvalue weighted by atomic mass is 16.3. The van der Waals surface area contributed by atoms with E-state index in [1.807, 2.05) is 33.8 Å². The van der Waals surface area contributed by atoms with Crippen LogP contribution in [0.3, 0.4) is 0 Å². The van der Waals surface area contributed by atoms with Gasteiger partial charge in [0.05, 0.1) is 0 Å². The van der Waals surface area contributed by atoms with Gasteiger partial charge in [-0.15, -0.1) is 0 Å². The number of aryl methyl sites for hydroxylation is 2. The Morgan fingerprint density at radius 3 is 2.41 bits per heavy atom. The lowest BCUT2D eigenvalue weighted by atomic mass is 9.94. The van der Waals surface area contributed by atoms with Crippen molar-refractivity contribution in [3.05, 3.63) is 23.2 Å². The molecule has 1 aromatic heterocycles. The smallest absolute Gasteiger partial charge is 0.287 e. The first kappa shape index (κ1) is 13.8. The summed E-state index contributed by atoms with van der Waals surface area (Å²) in [6, 6.07) is 1.85. The summed E-state index contributed by atoms with van der Waals surface area (Å²) in [6.07, 6.45) is 1.67. The van der Waals surface area contributed by atoms with Gasteiger partial charge in [0, 0.05) is 17.6 Å². The summed E-state index contributed by atoms with van der Waals surface area (Å²) < 4.78 is 5.36. The van der Waals surface area contributed by atoms with Crippen LogP contribution in [0.15, 0.2) is 10.5 Å². The van der Waals surface area contributed by atoms with Gasteiger partial charge in [0.1, 0.15) is 5.76 Å². The molecule has 0 atom stereocenters. The third-order valence-electron chi connectivity index (χ3n) is 3.26. The zero-order valence-electron chi connectivity index (χ0n) is 11.1. The summed E-state index contributed by atoms with van der Waals surface area (Å²) in [7, 11) is 0. The van der Waals surface area contributed by atoms with Gasteiger partial charge < -0.3 is 15.5 Å². The SMILES string of the molecule is CCC(N)(CC)CNC(=O)c1oc(C)cc1C. The Labute approximate surface area is 103 Å². The Morgan fingerprint density at radius 1 is 1.41 bits per heavy atom. The summed E-state index contributed by atoms with van der Waals surface area (Å²) in [6.45, 7) is 8.21. The summed E-state index contributed by atoms with van der Waals surface area (Å²) >= 11 is 0. The lowest BCUT2D eigenvalue weighted by Gasteiger charge is -2.26. The van der Waals surface area contributed by atoms with E-state index in [2.05, 4.69) is 5.32 Å². The van der Waals surface area contributed by atoms with Gasteiger partial charge in [-0.1, -0.05) is 13.8 Å². The van der Waals surface area contributed by atoms with Crippen molar-refractivity contribution in [2.75, 3.05) is 6.54 Å². The second-order valence-corrected chi connectivity index (χ2v) is 4.62. The molecule has 0 saturated carbocycles. The second kappa shape index (κ2) is 5.36. The van der Waals surface area contributed by atoms with E-state index in [0.29, 0.717) is 12.3 Å². The van der Waals surface area contributed by atoms with Crippen LogP contribution in [-0.4, -0.2) is 18.0 Å². The average Bonchev–Trinajstić information content (AvgIpc) is 2.65. The molecule has 0 bridgehead atoms. The predicted octanol–water partition coefficient (Wildman–Crippen LogP) is 2.14. The molecule has 0 saturated heterocycles. The van der Waals surface area contributed by atoms with Crippen LogP contribution >= 0.6 is 0 Å². The number of furan rings is 1. The van der Waals surface area contributed by atoms with Gasteiger partial charge in [0.15, 0.2) is 5.76 Å². The van der Waals surface area contributed by atoms with Crippen LogP contribution in [0.2, 0.25) is 0 Å². The Kier molecular flexibility index (Phi) is 4.34. The summed E-state index contributed by atoms with van der Waals surface area (Å²) in [4.78, 5) is 11.9. The maximum Gasteiger partial charge on any atom is 0.287 e. The minimum Gasteiger partial charge on any atom is -0.456 e. The number of nitrogens with two attached hydrogens (primary N) is 1. The van der Waals surface area contributed by atoms with Gasteiger partial charge >= 0.3 is 0 Å². The quantitative estimate of drug-likeness (QED) is 0.825. The number of hydrogen-bond acceptors (Lipinski definition) is 3. The van der Waals surface area contributed by atoms with E-state index in [1.165, 1.54) is 0 Å². The average molecular weight is 238 g/mol. The molecule has 1 heterocycles. The molecule has 3 N–H and O–H groups in total. The number of carbonyl (C=O) groups excluding carboxylic acids is 1. The maximum atomic E-state index is 11.9. The second-order valence-electron chi connectivity index (χ2n) is 4.62. The molecule has 0 aliphatic rings. The van der Waals surface area contributed by atoms with Crippen molar-refractivity contribution in [3.8, 4) is 0 Å². The summed E-state index contributed by atoms with van der Waals surface area (Å²) in [5, 5.41) is 2.84. The molecule has 4 nitrogen and oxygen atoms in total. The summed E-state index contributed by atoms with van der Waals surface area (Å²) in [5.74, 6) is 0.946. The number of carbonyl (C=O) groups is 1. The standard InChI is InChI=1S/C13H22N2O2/c1-5-13(14,6-2)8-15-12(16)11-9(3)7-10(4)17-11/h7H,5-6,8,14H2,1-4H3,(H,15,16). The Balaban J connectivity index is 2.65. The Hall–Kier alpha value is -1.29. The van der Waals surface area contributed by atoms with Crippen LogP contribution in [-0.2, 0) is 0 Å². The van der Waals surface area contributed by atoms with Crippen LogP contribution in [0.4, 0.5) is 0 Å². The van der Waals surface area contributed by atoms with E-state index in [1.54, 1.807) is 0 Å². The van der Waals surface area contributed by atoms with Gasteiger partial charge in [-0.05, 0) is 32.8 Å². The number of rotatable bonds is 5. The highest BCUT2D eigenvalue weighted by Crippen LogP contribution is 2.14. The molecular weight excluding hydrogens is 216 g/mol. The van der Waals surface area contributed by atoms with Crippen molar-refractivity contribution in [1.82, 2.24) is 5.32 Å². The first-order valence-electron chi connectivity index (χ1n) is 6.06. The molecule has 0 spiro atoms. The van der Waals surface area contributed by atoms with Gasteiger partial charge in [0.25, 0.3) is 5.91 Å². The van der Waals surface area contributed by atoms with Crippen molar-refractivity contribution in [1.29, 1.82) is 0 Å². The van der Waals surface area contributed by atoms with Crippen LogP contribution in [0.25, 0.3) is 0 Å². The molecule has 17 heavy (non-hydrogen) atoms. The van der Waals surface area contributed by atoms with Gasteiger partial charge in [-0.2, -0.15) is 0 Å². The maximum absolute atomic E-state index is 11.9. The molecule has 0 fully saturated rings. The molecule has 0 aromatic carbocycles. The van der Waals surface area contributed by atoms with Crippen molar-refractivity contribution in [2.45, 2.75) is 46.1 Å². The highest BCUT2D eigenvalue weighted by molar-refractivity contribution is 5.92. The van der Waals surface area contributed by atoms with E-state index < -0.39 is 0 Å². The van der Waals surface area contributed by atoms with Crippen LogP contribution < -0.4 is 11.1 Å². The molecule has 1 aromatic rings. The van der Waals surface area contributed by atoms with Gasteiger partial charge in [-0.3, -0.25) is 4.79 Å².